The van der Waals surface area contributed by atoms with Gasteiger partial charge in [0, 0.05) is 37.9 Å². The maximum absolute atomic E-state index is 12.7. The molecule has 0 radical (unpaired) electrons. The Labute approximate surface area is 207 Å². The lowest BCUT2D eigenvalue weighted by Crippen LogP contribution is -2.48. The molecule has 4 nitrogen and oxygen atoms in total. The van der Waals surface area contributed by atoms with Crippen molar-refractivity contribution in [3.63, 3.8) is 0 Å². The lowest BCUT2D eigenvalue weighted by atomic mass is 10.0. The van der Waals surface area contributed by atoms with Gasteiger partial charge in [0.15, 0.2) is 0 Å². The van der Waals surface area contributed by atoms with Crippen molar-refractivity contribution in [2.45, 2.75) is 66.2 Å². The minimum absolute atomic E-state index is 0.109. The lowest BCUT2D eigenvalue weighted by Gasteiger charge is -2.35. The molecule has 4 heteroatoms. The molecule has 186 valence electrons. The SMILES string of the molecule is CC(C)=CCC/C(C)=C/CC/C(=C/CC/C(C)=C/C(=O)N1CCN(c2ccccc2)CC1)CO. The van der Waals surface area contributed by atoms with E-state index in [0.717, 1.165) is 75.9 Å². The number of hydrogen-bond acceptors (Lipinski definition) is 3. The Balaban J connectivity index is 1.72. The van der Waals surface area contributed by atoms with Gasteiger partial charge in [-0.3, -0.25) is 4.79 Å². The van der Waals surface area contributed by atoms with Crippen LogP contribution in [0.1, 0.15) is 66.2 Å². The highest BCUT2D eigenvalue weighted by molar-refractivity contribution is 5.88. The number of aliphatic hydroxyl groups excluding tert-OH is 1. The van der Waals surface area contributed by atoms with E-state index < -0.39 is 0 Å². The summed E-state index contributed by atoms with van der Waals surface area (Å²) < 4.78 is 0. The van der Waals surface area contributed by atoms with Crippen molar-refractivity contribution >= 4 is 11.6 Å². The van der Waals surface area contributed by atoms with E-state index in [-0.39, 0.29) is 12.5 Å². The maximum Gasteiger partial charge on any atom is 0.246 e. The molecule has 0 aromatic heterocycles. The Bertz CT molecular complexity index is 868. The van der Waals surface area contributed by atoms with Crippen LogP contribution in [0.15, 0.2) is 76.9 Å². The Morgan fingerprint density at radius 1 is 0.824 bits per heavy atom. The van der Waals surface area contributed by atoms with E-state index in [1.807, 2.05) is 17.9 Å². The average Bonchev–Trinajstić information content (AvgIpc) is 2.83. The van der Waals surface area contributed by atoms with Gasteiger partial charge in [0.1, 0.15) is 0 Å². The molecule has 1 amide bonds. The molecule has 34 heavy (non-hydrogen) atoms. The van der Waals surface area contributed by atoms with Crippen LogP contribution in [0.4, 0.5) is 5.69 Å². The van der Waals surface area contributed by atoms with E-state index in [2.05, 4.69) is 68.2 Å². The number of amides is 1. The first kappa shape index (κ1) is 27.7. The van der Waals surface area contributed by atoms with Gasteiger partial charge in [-0.05, 0) is 83.9 Å². The molecule has 1 fully saturated rings. The molecule has 0 atom stereocenters. The number of para-hydroxylation sites is 1. The predicted octanol–water partition coefficient (Wildman–Crippen LogP) is 6.45. The van der Waals surface area contributed by atoms with Gasteiger partial charge < -0.3 is 14.9 Å². The van der Waals surface area contributed by atoms with E-state index in [0.29, 0.717) is 0 Å². The van der Waals surface area contributed by atoms with Gasteiger partial charge in [-0.2, -0.15) is 0 Å². The first-order valence-electron chi connectivity index (χ1n) is 12.7. The molecule has 0 bridgehead atoms. The summed E-state index contributed by atoms with van der Waals surface area (Å²) in [6, 6.07) is 10.4. The Morgan fingerprint density at radius 3 is 2.09 bits per heavy atom. The molecule has 2 rings (SSSR count). The third kappa shape index (κ3) is 10.6. The third-order valence-corrected chi connectivity index (χ3v) is 6.31. The molecule has 0 unspecified atom stereocenters. The Kier molecular flexibility index (Phi) is 12.5. The molecule has 1 aliphatic heterocycles. The van der Waals surface area contributed by atoms with Gasteiger partial charge in [0.05, 0.1) is 6.61 Å². The molecule has 1 N–H and O–H groups in total. The van der Waals surface area contributed by atoms with Crippen LogP contribution in [-0.2, 0) is 4.79 Å². The van der Waals surface area contributed by atoms with Crippen LogP contribution in [0, 0.1) is 0 Å². The first-order chi connectivity index (χ1) is 16.4. The topological polar surface area (TPSA) is 43.8 Å². The Hall–Kier alpha value is -2.59. The van der Waals surface area contributed by atoms with E-state index in [9.17, 15) is 9.90 Å². The van der Waals surface area contributed by atoms with Crippen LogP contribution in [0.3, 0.4) is 0 Å². The minimum atomic E-state index is 0.109. The summed E-state index contributed by atoms with van der Waals surface area (Å²) >= 11 is 0. The van der Waals surface area contributed by atoms with Gasteiger partial charge >= 0.3 is 0 Å². The zero-order valence-corrected chi connectivity index (χ0v) is 21.7. The van der Waals surface area contributed by atoms with Crippen LogP contribution in [0.2, 0.25) is 0 Å². The summed E-state index contributed by atoms with van der Waals surface area (Å²) in [5.74, 6) is 0.116. The monoisotopic (exact) mass is 464 g/mol. The van der Waals surface area contributed by atoms with Crippen LogP contribution >= 0.6 is 0 Å². The number of hydrogen-bond donors (Lipinski definition) is 1. The smallest absolute Gasteiger partial charge is 0.246 e. The van der Waals surface area contributed by atoms with Crippen molar-refractivity contribution in [2.24, 2.45) is 0 Å². The molecular weight excluding hydrogens is 420 g/mol. The number of carbonyl (C=O) groups excluding carboxylic acids is 1. The number of allylic oxidation sites excluding steroid dienone is 6. The number of nitrogens with zero attached hydrogens (tertiary/aromatic N) is 2. The van der Waals surface area contributed by atoms with Gasteiger partial charge in [-0.15, -0.1) is 0 Å². The number of anilines is 1. The van der Waals surface area contributed by atoms with Gasteiger partial charge in [0.2, 0.25) is 5.91 Å². The van der Waals surface area contributed by atoms with Gasteiger partial charge in [0.25, 0.3) is 0 Å². The molecule has 1 aromatic carbocycles. The highest BCUT2D eigenvalue weighted by Gasteiger charge is 2.19. The molecule has 1 aliphatic rings. The average molecular weight is 465 g/mol. The van der Waals surface area contributed by atoms with Crippen LogP contribution in [0.25, 0.3) is 0 Å². The van der Waals surface area contributed by atoms with Crippen LogP contribution < -0.4 is 4.90 Å². The normalized spacial score (nSPS) is 15.5. The van der Waals surface area contributed by atoms with E-state index in [1.165, 1.54) is 16.8 Å². The summed E-state index contributed by atoms with van der Waals surface area (Å²) in [5.41, 5.74) is 6.19. The van der Waals surface area contributed by atoms with E-state index in [4.69, 9.17) is 0 Å². The summed E-state index contributed by atoms with van der Waals surface area (Å²) in [6.07, 6.45) is 14.3. The number of aliphatic hydroxyl groups is 1. The molecular formula is C30H44N2O2. The van der Waals surface area contributed by atoms with Crippen molar-refractivity contribution in [3.8, 4) is 0 Å². The molecule has 0 aliphatic carbocycles. The second kappa shape index (κ2) is 15.3. The predicted molar refractivity (Wildman–Crippen MR) is 145 cm³/mol. The molecule has 0 saturated carbocycles. The number of piperazine rings is 1. The summed E-state index contributed by atoms with van der Waals surface area (Å²) in [4.78, 5) is 17.0. The molecule has 1 saturated heterocycles. The minimum Gasteiger partial charge on any atom is -0.392 e. The standard InChI is InChI=1S/C30H44N2O2/c1-25(2)11-8-12-26(3)13-9-15-28(24-33)16-10-14-27(4)23-30(34)32-21-19-31(20-22-32)29-17-6-5-7-18-29/h5-7,11,13,16-18,23,33H,8-10,12,14-15,19-22,24H2,1-4H3/b26-13+,27-23+,28-16-. The first-order valence-corrected chi connectivity index (χ1v) is 12.7. The quantitative estimate of drug-likeness (QED) is 0.285. The number of benzene rings is 1. The van der Waals surface area contributed by atoms with Crippen molar-refractivity contribution in [2.75, 3.05) is 37.7 Å². The molecule has 1 aromatic rings. The van der Waals surface area contributed by atoms with Crippen LogP contribution in [0.5, 0.6) is 0 Å². The second-order valence-electron chi connectivity index (χ2n) is 9.61. The fraction of sp³-hybridized carbons (Fsp3) is 0.500. The van der Waals surface area contributed by atoms with Crippen molar-refractivity contribution in [1.82, 2.24) is 4.90 Å². The van der Waals surface area contributed by atoms with Gasteiger partial charge in [-0.25, -0.2) is 0 Å². The van der Waals surface area contributed by atoms with Crippen molar-refractivity contribution < 1.29 is 9.90 Å². The number of carbonyl (C=O) groups is 1. The highest BCUT2D eigenvalue weighted by Crippen LogP contribution is 2.17. The van der Waals surface area contributed by atoms with Gasteiger partial charge in [-0.1, -0.05) is 53.1 Å². The summed E-state index contributed by atoms with van der Waals surface area (Å²) in [5, 5.41) is 9.70. The fourth-order valence-electron chi connectivity index (χ4n) is 4.14. The van der Waals surface area contributed by atoms with Crippen molar-refractivity contribution in [3.05, 3.63) is 76.9 Å². The van der Waals surface area contributed by atoms with Crippen LogP contribution in [-0.4, -0.2) is 48.7 Å². The summed E-state index contributed by atoms with van der Waals surface area (Å²) in [7, 11) is 0. The third-order valence-electron chi connectivity index (χ3n) is 6.31. The van der Waals surface area contributed by atoms with E-state index >= 15 is 0 Å². The molecule has 0 spiro atoms. The summed E-state index contributed by atoms with van der Waals surface area (Å²) in [6.45, 7) is 11.9. The maximum atomic E-state index is 12.7. The Morgan fingerprint density at radius 2 is 1.44 bits per heavy atom. The van der Waals surface area contributed by atoms with Crippen molar-refractivity contribution in [1.29, 1.82) is 0 Å². The second-order valence-corrected chi connectivity index (χ2v) is 9.61. The number of rotatable bonds is 12. The largest absolute Gasteiger partial charge is 0.392 e. The highest BCUT2D eigenvalue weighted by atomic mass is 16.3. The lowest BCUT2D eigenvalue weighted by molar-refractivity contribution is -0.126. The zero-order chi connectivity index (χ0) is 24.8. The fourth-order valence-corrected chi connectivity index (χ4v) is 4.14. The van der Waals surface area contributed by atoms with E-state index in [1.54, 1.807) is 6.08 Å². The zero-order valence-electron chi connectivity index (χ0n) is 21.7. The molecule has 1 heterocycles.